The first-order chi connectivity index (χ1) is 8.01. The summed E-state index contributed by atoms with van der Waals surface area (Å²) >= 11 is 0. The fraction of sp³-hybridized carbons (Fsp3) is 0.500. The fourth-order valence-corrected chi connectivity index (χ4v) is 2.10. The Morgan fingerprint density at radius 3 is 2.35 bits per heavy atom. The summed E-state index contributed by atoms with van der Waals surface area (Å²) < 4.78 is 34.9. The molecule has 1 aromatic carbocycles. The van der Waals surface area contributed by atoms with Crippen LogP contribution in [-0.2, 0) is 16.5 Å². The highest BCUT2D eigenvalue weighted by atomic mass is 32.2. The number of rotatable bonds is 7. The molecule has 0 saturated heterocycles. The number of hydrogen-bond acceptors (Lipinski definition) is 3. The molecule has 0 bridgehead atoms. The normalized spacial score (nSPS) is 11.4. The summed E-state index contributed by atoms with van der Waals surface area (Å²) in [5.41, 5.74) is 1.14. The quantitative estimate of drug-likeness (QED) is 0.602. The molecule has 96 valence electrons. The van der Waals surface area contributed by atoms with Gasteiger partial charge in [0.25, 0.3) is 10.1 Å². The minimum atomic E-state index is -3.81. The molecule has 0 aromatic heterocycles. The molecule has 5 heteroatoms. The van der Waals surface area contributed by atoms with Crippen LogP contribution in [0, 0.1) is 0 Å². The summed E-state index contributed by atoms with van der Waals surface area (Å²) in [6, 6.07) is 7.75. The Hall–Kier alpha value is -1.07. The summed E-state index contributed by atoms with van der Waals surface area (Å²) in [7, 11) is -3.81. The molecule has 0 spiro atoms. The first-order valence-corrected chi connectivity index (χ1v) is 7.29. The minimum absolute atomic E-state index is 0.163. The van der Waals surface area contributed by atoms with Crippen LogP contribution in [0.1, 0.15) is 25.3 Å². The number of ether oxygens (including phenoxy) is 1. The molecular weight excluding hydrogens is 240 g/mol. The number of unbranched alkanes of at least 4 members (excludes halogenated alkanes) is 1. The van der Waals surface area contributed by atoms with Crippen LogP contribution < -0.4 is 4.74 Å². The molecule has 0 aliphatic rings. The first-order valence-electron chi connectivity index (χ1n) is 5.68. The molecule has 0 fully saturated rings. The van der Waals surface area contributed by atoms with Crippen LogP contribution in [0.5, 0.6) is 5.75 Å². The van der Waals surface area contributed by atoms with Gasteiger partial charge in [0.1, 0.15) is 5.75 Å². The van der Waals surface area contributed by atoms with E-state index in [0.717, 1.165) is 24.2 Å². The van der Waals surface area contributed by atoms with Gasteiger partial charge in [0.05, 0.1) is 12.4 Å². The van der Waals surface area contributed by atoms with Crippen molar-refractivity contribution in [2.75, 3.05) is 12.4 Å². The van der Waals surface area contributed by atoms with Gasteiger partial charge >= 0.3 is 0 Å². The maximum absolute atomic E-state index is 10.5. The van der Waals surface area contributed by atoms with Crippen LogP contribution in [0.3, 0.4) is 0 Å². The fourth-order valence-electron chi connectivity index (χ4n) is 1.53. The van der Waals surface area contributed by atoms with E-state index < -0.39 is 10.1 Å². The maximum Gasteiger partial charge on any atom is 0.264 e. The van der Waals surface area contributed by atoms with E-state index in [4.69, 9.17) is 9.29 Å². The number of aryl methyl sites for hydroxylation is 1. The first kappa shape index (κ1) is 14.0. The number of hydrogen-bond donors (Lipinski definition) is 1. The third-order valence-electron chi connectivity index (χ3n) is 2.35. The van der Waals surface area contributed by atoms with E-state index in [1.165, 1.54) is 0 Å². The summed E-state index contributed by atoms with van der Waals surface area (Å²) in [6.07, 6.45) is 2.03. The van der Waals surface area contributed by atoms with Crippen molar-refractivity contribution >= 4 is 10.1 Å². The minimum Gasteiger partial charge on any atom is -0.494 e. The Balaban J connectivity index is 2.32. The Bertz CT molecular complexity index is 422. The summed E-state index contributed by atoms with van der Waals surface area (Å²) in [5.74, 6) is 0.679. The summed E-state index contributed by atoms with van der Waals surface area (Å²) in [5, 5.41) is 0. The van der Waals surface area contributed by atoms with E-state index in [1.807, 2.05) is 31.2 Å². The van der Waals surface area contributed by atoms with Crippen molar-refractivity contribution in [1.29, 1.82) is 0 Å². The lowest BCUT2D eigenvalue weighted by atomic mass is 10.1. The van der Waals surface area contributed by atoms with Crippen LogP contribution >= 0.6 is 0 Å². The maximum atomic E-state index is 10.5. The van der Waals surface area contributed by atoms with Crippen molar-refractivity contribution in [3.8, 4) is 5.75 Å². The third kappa shape index (κ3) is 6.28. The summed E-state index contributed by atoms with van der Waals surface area (Å²) in [4.78, 5) is 0. The van der Waals surface area contributed by atoms with Gasteiger partial charge in [-0.3, -0.25) is 4.55 Å². The van der Waals surface area contributed by atoms with Gasteiger partial charge in [-0.2, -0.15) is 8.42 Å². The van der Waals surface area contributed by atoms with Gasteiger partial charge in [-0.1, -0.05) is 12.1 Å². The molecule has 1 N–H and O–H groups in total. The van der Waals surface area contributed by atoms with Gasteiger partial charge in [0.15, 0.2) is 0 Å². The molecular formula is C12H18O4S. The molecule has 0 radical (unpaired) electrons. The van der Waals surface area contributed by atoms with Crippen LogP contribution in [-0.4, -0.2) is 25.3 Å². The molecule has 0 amide bonds. The predicted octanol–water partition coefficient (Wildman–Crippen LogP) is 2.30. The lowest BCUT2D eigenvalue weighted by molar-refractivity contribution is 0.340. The zero-order chi connectivity index (χ0) is 12.7. The second-order valence-corrected chi connectivity index (χ2v) is 5.39. The van der Waals surface area contributed by atoms with E-state index in [1.54, 1.807) is 0 Å². The molecule has 0 heterocycles. The largest absolute Gasteiger partial charge is 0.494 e. The van der Waals surface area contributed by atoms with Crippen LogP contribution in [0.4, 0.5) is 0 Å². The number of benzene rings is 1. The molecule has 17 heavy (non-hydrogen) atoms. The van der Waals surface area contributed by atoms with Gasteiger partial charge < -0.3 is 4.74 Å². The predicted molar refractivity (Wildman–Crippen MR) is 67.0 cm³/mol. The molecule has 0 aliphatic carbocycles. The Kier molecular flexibility index (Phi) is 5.44. The molecule has 1 rings (SSSR count). The molecule has 1 aromatic rings. The SMILES string of the molecule is CCOc1ccc(CCCCS(=O)(=O)O)cc1. The van der Waals surface area contributed by atoms with Gasteiger partial charge in [-0.05, 0) is 43.9 Å². The highest BCUT2D eigenvalue weighted by molar-refractivity contribution is 7.85. The second kappa shape index (κ2) is 6.61. The molecule has 0 aliphatic heterocycles. The van der Waals surface area contributed by atoms with Gasteiger partial charge in [0, 0.05) is 0 Å². The zero-order valence-corrected chi connectivity index (χ0v) is 10.7. The van der Waals surface area contributed by atoms with Crippen molar-refractivity contribution in [3.63, 3.8) is 0 Å². The highest BCUT2D eigenvalue weighted by Crippen LogP contribution is 2.13. The van der Waals surface area contributed by atoms with E-state index >= 15 is 0 Å². The Morgan fingerprint density at radius 1 is 1.18 bits per heavy atom. The molecule has 0 atom stereocenters. The van der Waals surface area contributed by atoms with Crippen molar-refractivity contribution < 1.29 is 17.7 Å². The van der Waals surface area contributed by atoms with Crippen LogP contribution in [0.15, 0.2) is 24.3 Å². The zero-order valence-electron chi connectivity index (χ0n) is 9.93. The Labute approximate surface area is 102 Å². The van der Waals surface area contributed by atoms with Crippen molar-refractivity contribution in [2.24, 2.45) is 0 Å². The highest BCUT2D eigenvalue weighted by Gasteiger charge is 2.03. The van der Waals surface area contributed by atoms with Crippen LogP contribution in [0.25, 0.3) is 0 Å². The monoisotopic (exact) mass is 258 g/mol. The van der Waals surface area contributed by atoms with Crippen molar-refractivity contribution in [1.82, 2.24) is 0 Å². The Morgan fingerprint density at radius 2 is 1.82 bits per heavy atom. The molecule has 4 nitrogen and oxygen atoms in total. The van der Waals surface area contributed by atoms with Gasteiger partial charge in [-0.15, -0.1) is 0 Å². The van der Waals surface area contributed by atoms with E-state index in [0.29, 0.717) is 13.0 Å². The van der Waals surface area contributed by atoms with Gasteiger partial charge in [-0.25, -0.2) is 0 Å². The third-order valence-corrected chi connectivity index (χ3v) is 3.16. The van der Waals surface area contributed by atoms with E-state index in [-0.39, 0.29) is 5.75 Å². The van der Waals surface area contributed by atoms with Crippen molar-refractivity contribution in [3.05, 3.63) is 29.8 Å². The van der Waals surface area contributed by atoms with Crippen molar-refractivity contribution in [2.45, 2.75) is 26.2 Å². The molecule has 0 unspecified atom stereocenters. The molecule has 0 saturated carbocycles. The topological polar surface area (TPSA) is 63.6 Å². The average Bonchev–Trinajstić information content (AvgIpc) is 2.26. The second-order valence-electron chi connectivity index (χ2n) is 3.82. The summed E-state index contributed by atoms with van der Waals surface area (Å²) in [6.45, 7) is 2.58. The van der Waals surface area contributed by atoms with E-state index in [2.05, 4.69) is 0 Å². The average molecular weight is 258 g/mol. The lowest BCUT2D eigenvalue weighted by Crippen LogP contribution is -2.03. The standard InChI is InChI=1S/C12H18O4S/c1-2-16-12-8-6-11(7-9-12)5-3-4-10-17(13,14)15/h6-9H,2-5,10H2,1H3,(H,13,14,15). The lowest BCUT2D eigenvalue weighted by Gasteiger charge is -2.04. The van der Waals surface area contributed by atoms with E-state index in [9.17, 15) is 8.42 Å². The van der Waals surface area contributed by atoms with Crippen LogP contribution in [0.2, 0.25) is 0 Å². The smallest absolute Gasteiger partial charge is 0.264 e. The van der Waals surface area contributed by atoms with Gasteiger partial charge in [0.2, 0.25) is 0 Å².